The minimum atomic E-state index is -1.18. The monoisotopic (exact) mass is 489 g/mol. The maximum absolute atomic E-state index is 11.8. The van der Waals surface area contributed by atoms with Crippen molar-refractivity contribution in [2.75, 3.05) is 11.5 Å². The van der Waals surface area contributed by atoms with Gasteiger partial charge in [0.05, 0.1) is 0 Å². The first-order chi connectivity index (χ1) is 16.8. The quantitative estimate of drug-likeness (QED) is 0.267. The van der Waals surface area contributed by atoms with E-state index in [9.17, 15) is 19.8 Å². The highest BCUT2D eigenvalue weighted by Crippen LogP contribution is 2.43. The summed E-state index contributed by atoms with van der Waals surface area (Å²) in [6.45, 7) is 1.68. The van der Waals surface area contributed by atoms with Crippen LogP contribution in [-0.2, 0) is 11.3 Å². The van der Waals surface area contributed by atoms with E-state index in [4.69, 9.17) is 9.84 Å². The molecule has 178 valence electrons. The number of carboxylic acids is 2. The first-order valence-corrected chi connectivity index (χ1v) is 11.6. The lowest BCUT2D eigenvalue weighted by Crippen LogP contribution is -2.16. The van der Waals surface area contributed by atoms with Gasteiger partial charge >= 0.3 is 11.9 Å². The van der Waals surface area contributed by atoms with Crippen LogP contribution in [0.5, 0.6) is 11.5 Å². The fourth-order valence-corrected chi connectivity index (χ4v) is 4.85. The van der Waals surface area contributed by atoms with Crippen molar-refractivity contribution in [3.63, 3.8) is 0 Å². The third-order valence-electron chi connectivity index (χ3n) is 5.39. The Morgan fingerprint density at radius 2 is 1.63 bits per heavy atom. The van der Waals surface area contributed by atoms with E-state index in [1.54, 1.807) is 19.1 Å². The molecule has 0 atom stereocenters. The normalized spacial score (nSPS) is 10.7. The van der Waals surface area contributed by atoms with E-state index in [1.807, 2.05) is 66.7 Å². The lowest BCUT2D eigenvalue weighted by molar-refractivity contribution is -0.139. The molecule has 3 N–H and O–H groups in total. The largest absolute Gasteiger partial charge is 0.508 e. The topological polar surface area (TPSA) is 107 Å². The second kappa shape index (κ2) is 10.3. The third-order valence-corrected chi connectivity index (χ3v) is 6.70. The second-order valence-corrected chi connectivity index (χ2v) is 8.86. The fourth-order valence-electron chi connectivity index (χ4n) is 3.77. The Labute approximate surface area is 206 Å². The number of benzene rings is 3. The van der Waals surface area contributed by atoms with Gasteiger partial charge in [-0.3, -0.25) is 0 Å². The van der Waals surface area contributed by atoms with Gasteiger partial charge in [-0.25, -0.2) is 9.59 Å². The number of phenols is 1. The average molecular weight is 490 g/mol. The summed E-state index contributed by atoms with van der Waals surface area (Å²) in [5.41, 5.74) is 4.20. The van der Waals surface area contributed by atoms with E-state index >= 15 is 0 Å². The number of rotatable bonds is 9. The van der Waals surface area contributed by atoms with Gasteiger partial charge in [-0.1, -0.05) is 42.5 Å². The van der Waals surface area contributed by atoms with Crippen molar-refractivity contribution in [2.45, 2.75) is 13.5 Å². The number of aromatic carboxylic acids is 1. The molecular weight excluding hydrogens is 466 g/mol. The summed E-state index contributed by atoms with van der Waals surface area (Å²) < 4.78 is 5.33. The summed E-state index contributed by atoms with van der Waals surface area (Å²) in [5, 5.41) is 28.4. The van der Waals surface area contributed by atoms with Gasteiger partial charge in [0.1, 0.15) is 11.5 Å². The Hall–Kier alpha value is -4.30. The predicted molar refractivity (Wildman–Crippen MR) is 135 cm³/mol. The molecule has 0 saturated heterocycles. The summed E-state index contributed by atoms with van der Waals surface area (Å²) in [4.78, 5) is 25.5. The van der Waals surface area contributed by atoms with E-state index in [2.05, 4.69) is 4.90 Å². The van der Waals surface area contributed by atoms with Gasteiger partial charge in [0, 0.05) is 28.4 Å². The number of hydrogen-bond donors (Lipinski definition) is 3. The van der Waals surface area contributed by atoms with Crippen molar-refractivity contribution in [3.8, 4) is 21.9 Å². The molecule has 4 aromatic rings. The zero-order valence-electron chi connectivity index (χ0n) is 18.8. The molecule has 7 nitrogen and oxygen atoms in total. The molecule has 4 rings (SSSR count). The molecule has 0 spiro atoms. The smallest absolute Gasteiger partial charge is 0.349 e. The van der Waals surface area contributed by atoms with Gasteiger partial charge in [-0.2, -0.15) is 0 Å². The first-order valence-electron chi connectivity index (χ1n) is 10.8. The number of carboxylic acid groups (broad SMARTS) is 2. The fraction of sp³-hybridized carbons (Fsp3) is 0.111. The van der Waals surface area contributed by atoms with Crippen molar-refractivity contribution in [3.05, 3.63) is 94.9 Å². The van der Waals surface area contributed by atoms with Crippen LogP contribution in [0.1, 0.15) is 20.8 Å². The summed E-state index contributed by atoms with van der Waals surface area (Å²) in [5.74, 6) is -2.10. The molecule has 0 aliphatic heterocycles. The highest BCUT2D eigenvalue weighted by molar-refractivity contribution is 7.18. The van der Waals surface area contributed by atoms with Gasteiger partial charge in [-0.15, -0.1) is 11.3 Å². The van der Waals surface area contributed by atoms with Gasteiger partial charge < -0.3 is 25.0 Å². The van der Waals surface area contributed by atoms with Crippen LogP contribution in [0.15, 0.2) is 78.9 Å². The predicted octanol–water partition coefficient (Wildman–Crippen LogP) is 5.93. The molecule has 0 fully saturated rings. The molecule has 0 saturated carbocycles. The molecule has 0 radical (unpaired) electrons. The summed E-state index contributed by atoms with van der Waals surface area (Å²) >= 11 is 1.05. The van der Waals surface area contributed by atoms with Crippen molar-refractivity contribution in [2.24, 2.45) is 0 Å². The van der Waals surface area contributed by atoms with Crippen molar-refractivity contribution >= 4 is 34.7 Å². The maximum Gasteiger partial charge on any atom is 0.349 e. The van der Waals surface area contributed by atoms with Crippen LogP contribution < -0.4 is 9.64 Å². The van der Waals surface area contributed by atoms with E-state index in [0.717, 1.165) is 33.8 Å². The van der Waals surface area contributed by atoms with Crippen LogP contribution in [0.4, 0.5) is 11.4 Å². The molecule has 0 amide bonds. The molecule has 8 heteroatoms. The van der Waals surface area contributed by atoms with Gasteiger partial charge in [-0.05, 0) is 54.4 Å². The first kappa shape index (κ1) is 23.8. The third kappa shape index (κ3) is 5.44. The highest BCUT2D eigenvalue weighted by atomic mass is 32.1. The standard InChI is InChI=1S/C27H23NO6S/c1-17-24(34-16-23(30)31)26(27(32)33)35-25(17)19-8-5-9-21(14-19)28(15-18-6-3-2-4-7-18)20-10-12-22(29)13-11-20/h2-14,29H,15-16H2,1H3,(H,30,31)(H,32,33). The minimum Gasteiger partial charge on any atom is -0.508 e. The number of phenolic OH excluding ortho intramolecular Hbond substituents is 1. The zero-order valence-corrected chi connectivity index (χ0v) is 19.7. The van der Waals surface area contributed by atoms with Crippen LogP contribution in [0.25, 0.3) is 10.4 Å². The van der Waals surface area contributed by atoms with Gasteiger partial charge in [0.25, 0.3) is 0 Å². The van der Waals surface area contributed by atoms with Gasteiger partial charge in [0.15, 0.2) is 11.5 Å². The minimum absolute atomic E-state index is 0.0381. The van der Waals surface area contributed by atoms with E-state index < -0.39 is 18.5 Å². The number of ether oxygens (including phenoxy) is 1. The Morgan fingerprint density at radius 1 is 0.914 bits per heavy atom. The molecule has 0 bridgehead atoms. The number of carbonyl (C=O) groups is 2. The average Bonchev–Trinajstić information content (AvgIpc) is 3.19. The van der Waals surface area contributed by atoms with Crippen LogP contribution in [0, 0.1) is 6.92 Å². The Morgan fingerprint density at radius 3 is 2.29 bits per heavy atom. The second-order valence-electron chi connectivity index (χ2n) is 7.84. The lowest BCUT2D eigenvalue weighted by atomic mass is 10.1. The van der Waals surface area contributed by atoms with Crippen molar-refractivity contribution < 1.29 is 29.6 Å². The van der Waals surface area contributed by atoms with E-state index in [1.165, 1.54) is 0 Å². The SMILES string of the molecule is Cc1c(-c2cccc(N(Cc3ccccc3)c3ccc(O)cc3)c2)sc(C(=O)O)c1OCC(=O)O. The Bertz CT molecular complexity index is 1350. The summed E-state index contributed by atoms with van der Waals surface area (Å²) in [6.07, 6.45) is 0. The summed E-state index contributed by atoms with van der Waals surface area (Å²) in [6, 6.07) is 24.6. The zero-order chi connectivity index (χ0) is 24.9. The number of aliphatic carboxylic acids is 1. The molecule has 1 aromatic heterocycles. The molecule has 0 aliphatic rings. The van der Waals surface area contributed by atoms with E-state index in [-0.39, 0.29) is 16.4 Å². The number of nitrogens with zero attached hydrogens (tertiary/aromatic N) is 1. The van der Waals surface area contributed by atoms with Crippen molar-refractivity contribution in [1.82, 2.24) is 0 Å². The summed E-state index contributed by atoms with van der Waals surface area (Å²) in [7, 11) is 0. The van der Waals surface area contributed by atoms with E-state index in [0.29, 0.717) is 17.0 Å². The highest BCUT2D eigenvalue weighted by Gasteiger charge is 2.23. The molecule has 3 aromatic carbocycles. The van der Waals surface area contributed by atoms with Crippen LogP contribution in [0.3, 0.4) is 0 Å². The van der Waals surface area contributed by atoms with Crippen molar-refractivity contribution in [1.29, 1.82) is 0 Å². The van der Waals surface area contributed by atoms with Crippen LogP contribution in [0.2, 0.25) is 0 Å². The number of aromatic hydroxyl groups is 1. The molecular formula is C27H23NO6S. The molecule has 0 aliphatic carbocycles. The lowest BCUT2D eigenvalue weighted by Gasteiger charge is -2.26. The molecule has 0 unspecified atom stereocenters. The van der Waals surface area contributed by atoms with Crippen LogP contribution >= 0.6 is 11.3 Å². The molecule has 1 heterocycles. The Kier molecular flexibility index (Phi) is 7.03. The number of anilines is 2. The maximum atomic E-state index is 11.8. The van der Waals surface area contributed by atoms with Gasteiger partial charge in [0.2, 0.25) is 0 Å². The van der Waals surface area contributed by atoms with Crippen LogP contribution in [-0.4, -0.2) is 33.9 Å². The molecule has 35 heavy (non-hydrogen) atoms. The number of thiophene rings is 1. The number of hydrogen-bond acceptors (Lipinski definition) is 6. The Balaban J connectivity index is 1.77.